The van der Waals surface area contributed by atoms with Crippen LogP contribution in [0.25, 0.3) is 0 Å². The van der Waals surface area contributed by atoms with Gasteiger partial charge in [0.15, 0.2) is 0 Å². The van der Waals surface area contributed by atoms with Crippen LogP contribution < -0.4 is 0 Å². The summed E-state index contributed by atoms with van der Waals surface area (Å²) < 4.78 is 0. The molecule has 4 rings (SSSR count). The van der Waals surface area contributed by atoms with Gasteiger partial charge in [-0.15, -0.1) is 26.0 Å². The van der Waals surface area contributed by atoms with E-state index in [-0.39, 0.29) is 26.2 Å². The number of aromatic hydroxyl groups is 2. The Labute approximate surface area is 206 Å². The first-order chi connectivity index (χ1) is 14.7. The molecule has 0 saturated carbocycles. The monoisotopic (exact) mass is 488 g/mol. The molecule has 0 saturated heterocycles. The maximum absolute atomic E-state index is 9.19. The predicted octanol–water partition coefficient (Wildman–Crippen LogP) is 6.85. The van der Waals surface area contributed by atoms with Crippen molar-refractivity contribution in [1.82, 2.24) is 0 Å². The van der Waals surface area contributed by atoms with E-state index in [0.717, 1.165) is 36.8 Å². The van der Waals surface area contributed by atoms with Gasteiger partial charge in [0.25, 0.3) is 0 Å². The van der Waals surface area contributed by atoms with Gasteiger partial charge in [-0.3, -0.25) is 12.2 Å². The van der Waals surface area contributed by atoms with E-state index in [4.69, 9.17) is 0 Å². The summed E-state index contributed by atoms with van der Waals surface area (Å²) in [6, 6.07) is 14.5. The molecule has 0 aliphatic heterocycles. The van der Waals surface area contributed by atoms with Gasteiger partial charge in [-0.2, -0.15) is 12.2 Å². The Balaban J connectivity index is 0.000000401. The first-order valence-electron chi connectivity index (χ1n) is 9.88. The maximum Gasteiger partial charge on any atom is 2.00 e. The van der Waals surface area contributed by atoms with Crippen molar-refractivity contribution >= 4 is 0 Å². The summed E-state index contributed by atoms with van der Waals surface area (Å²) in [6.07, 6.45) is 25.0. The van der Waals surface area contributed by atoms with Crippen molar-refractivity contribution in [3.05, 3.63) is 134 Å². The van der Waals surface area contributed by atoms with Gasteiger partial charge in [-0.1, -0.05) is 48.6 Å². The Morgan fingerprint density at radius 1 is 0.710 bits per heavy atom. The summed E-state index contributed by atoms with van der Waals surface area (Å²) in [5.74, 6) is 0.699. The quantitative estimate of drug-likeness (QED) is 0.364. The van der Waals surface area contributed by atoms with Crippen molar-refractivity contribution in [3.8, 4) is 11.5 Å². The first kappa shape index (κ1) is 28.4. The molecule has 2 aliphatic rings. The average molecular weight is 490 g/mol. The number of benzene rings is 2. The van der Waals surface area contributed by atoms with E-state index in [1.165, 1.54) is 0 Å². The minimum atomic E-state index is 0. The van der Waals surface area contributed by atoms with Crippen molar-refractivity contribution in [2.75, 3.05) is 0 Å². The molecule has 158 valence electrons. The Hall–Kier alpha value is -2.64. The zero-order valence-corrected chi connectivity index (χ0v) is 20.3. The number of rotatable bonds is 4. The molecule has 2 nitrogen and oxygen atoms in total. The molecule has 31 heavy (non-hydrogen) atoms. The molecule has 2 aromatic rings. The number of hydrogen-bond acceptors (Lipinski definition) is 2. The molecule has 0 aromatic heterocycles. The molecule has 2 N–H and O–H groups in total. The third-order valence-electron chi connectivity index (χ3n) is 3.88. The molecular weight excluding hydrogens is 460 g/mol. The number of phenols is 2. The first-order valence-corrected chi connectivity index (χ1v) is 9.88. The minimum absolute atomic E-state index is 0. The van der Waals surface area contributed by atoms with Gasteiger partial charge in [-0.05, 0) is 36.1 Å². The molecule has 0 atom stereocenters. The topological polar surface area (TPSA) is 40.5 Å². The van der Waals surface area contributed by atoms with Crippen LogP contribution in [-0.2, 0) is 39.0 Å². The van der Waals surface area contributed by atoms with Crippen LogP contribution in [0, 0.1) is 12.2 Å². The predicted molar refractivity (Wildman–Crippen MR) is 127 cm³/mol. The zero-order valence-electron chi connectivity index (χ0n) is 17.9. The Morgan fingerprint density at radius 2 is 1.10 bits per heavy atom. The summed E-state index contributed by atoms with van der Waals surface area (Å²) in [4.78, 5) is 0. The van der Waals surface area contributed by atoms with Crippen LogP contribution >= 0.6 is 0 Å². The van der Waals surface area contributed by atoms with E-state index in [1.54, 1.807) is 24.3 Å². The third-order valence-corrected chi connectivity index (χ3v) is 3.88. The average Bonchev–Trinajstić information content (AvgIpc) is 3.52. The SMILES string of the molecule is C=CCc1ccccc1O.C=CCc1ccccc1O.[C-]1=CC=CC1.[C-]1=CC=CC1.[Zr+2]. The minimum Gasteiger partial charge on any atom is -0.508 e. The second-order valence-electron chi connectivity index (χ2n) is 6.25. The van der Waals surface area contributed by atoms with E-state index in [9.17, 15) is 10.2 Å². The Bertz CT molecular complexity index is 783. The fourth-order valence-corrected chi connectivity index (χ4v) is 2.36. The van der Waals surface area contributed by atoms with Crippen LogP contribution in [0.3, 0.4) is 0 Å². The van der Waals surface area contributed by atoms with Gasteiger partial charge >= 0.3 is 26.2 Å². The second-order valence-corrected chi connectivity index (χ2v) is 6.25. The molecule has 0 fully saturated rings. The van der Waals surface area contributed by atoms with Gasteiger partial charge in [0, 0.05) is 0 Å². The number of phenolic OH excluding ortho intramolecular Hbond substituents is 2. The van der Waals surface area contributed by atoms with Crippen molar-refractivity contribution in [1.29, 1.82) is 0 Å². The summed E-state index contributed by atoms with van der Waals surface area (Å²) in [5, 5.41) is 18.4. The van der Waals surface area contributed by atoms with Crippen LogP contribution in [0.5, 0.6) is 11.5 Å². The van der Waals surface area contributed by atoms with E-state index in [0.29, 0.717) is 11.5 Å². The van der Waals surface area contributed by atoms with E-state index in [1.807, 2.05) is 60.7 Å². The van der Waals surface area contributed by atoms with Crippen LogP contribution in [0.4, 0.5) is 0 Å². The normalized spacial score (nSPS) is 11.6. The Morgan fingerprint density at radius 3 is 1.32 bits per heavy atom. The molecule has 2 aliphatic carbocycles. The van der Waals surface area contributed by atoms with Crippen LogP contribution in [0.15, 0.2) is 110 Å². The summed E-state index contributed by atoms with van der Waals surface area (Å²) in [6.45, 7) is 7.17. The van der Waals surface area contributed by atoms with Crippen molar-refractivity contribution < 1.29 is 36.4 Å². The molecule has 0 spiro atoms. The molecule has 0 heterocycles. The molecule has 0 bridgehead atoms. The fourth-order valence-electron chi connectivity index (χ4n) is 2.36. The van der Waals surface area contributed by atoms with Crippen molar-refractivity contribution in [2.24, 2.45) is 0 Å². The number of allylic oxidation sites excluding steroid dienone is 10. The summed E-state index contributed by atoms with van der Waals surface area (Å²) >= 11 is 0. The van der Waals surface area contributed by atoms with E-state index in [2.05, 4.69) is 37.5 Å². The number of hydrogen-bond donors (Lipinski definition) is 2. The van der Waals surface area contributed by atoms with Crippen LogP contribution in [0.2, 0.25) is 0 Å². The van der Waals surface area contributed by atoms with Crippen molar-refractivity contribution in [3.63, 3.8) is 0 Å². The van der Waals surface area contributed by atoms with Crippen molar-refractivity contribution in [2.45, 2.75) is 25.7 Å². The smallest absolute Gasteiger partial charge is 0.508 e. The largest absolute Gasteiger partial charge is 2.00 e. The maximum atomic E-state index is 9.19. The second kappa shape index (κ2) is 19.3. The molecule has 0 amide bonds. The van der Waals surface area contributed by atoms with Gasteiger partial charge in [0.1, 0.15) is 11.5 Å². The standard InChI is InChI=1S/2C9H10O.2C5H5.Zr/c2*1-2-5-8-6-3-4-7-9(8)10;2*1-2-4-5-3-1;/h2*2-4,6-7,10H,1,5H2;2*1-3H,4H2;/q;;2*-1;+2. The molecule has 0 radical (unpaired) electrons. The molecular formula is C28H30O2Zr. The van der Waals surface area contributed by atoms with Gasteiger partial charge < -0.3 is 10.2 Å². The molecule has 2 aromatic carbocycles. The van der Waals surface area contributed by atoms with E-state index < -0.39 is 0 Å². The summed E-state index contributed by atoms with van der Waals surface area (Å²) in [7, 11) is 0. The van der Waals surface area contributed by atoms with Crippen LogP contribution in [-0.4, -0.2) is 10.2 Å². The van der Waals surface area contributed by atoms with Gasteiger partial charge in [0.05, 0.1) is 0 Å². The third kappa shape index (κ3) is 14.1. The van der Waals surface area contributed by atoms with Gasteiger partial charge in [-0.25, -0.2) is 24.3 Å². The Kier molecular flexibility index (Phi) is 17.7. The summed E-state index contributed by atoms with van der Waals surface area (Å²) in [5.41, 5.74) is 1.86. The van der Waals surface area contributed by atoms with E-state index >= 15 is 0 Å². The fraction of sp³-hybridized carbons (Fsp3) is 0.143. The molecule has 3 heteroatoms. The van der Waals surface area contributed by atoms with Gasteiger partial charge in [0.2, 0.25) is 0 Å². The van der Waals surface area contributed by atoms with Crippen LogP contribution in [0.1, 0.15) is 24.0 Å². The molecule has 0 unspecified atom stereocenters. The zero-order chi connectivity index (χ0) is 21.9. The number of para-hydroxylation sites is 2.